The molecule has 0 fully saturated rings. The summed E-state index contributed by atoms with van der Waals surface area (Å²) in [6.45, 7) is 3.62. The van der Waals surface area contributed by atoms with Gasteiger partial charge in [0.05, 0.1) is 6.61 Å². The van der Waals surface area contributed by atoms with Gasteiger partial charge in [0.1, 0.15) is 6.10 Å². The number of hydrogen-bond donors (Lipinski definition) is 0. The molecule has 0 heterocycles. The third-order valence-electron chi connectivity index (χ3n) is 0.979. The van der Waals surface area contributed by atoms with E-state index in [0.29, 0.717) is 6.61 Å². The Labute approximate surface area is 85.0 Å². The molecule has 0 aromatic rings. The summed E-state index contributed by atoms with van der Waals surface area (Å²) in [5.74, 6) is -0.264. The SMILES string of the molecule is CN(C)C=O.COCC(C)OC(C)=O. The van der Waals surface area contributed by atoms with E-state index in [1.807, 2.05) is 0 Å². The van der Waals surface area contributed by atoms with Gasteiger partial charge in [0.2, 0.25) is 6.41 Å². The van der Waals surface area contributed by atoms with Crippen molar-refractivity contribution in [3.63, 3.8) is 0 Å². The van der Waals surface area contributed by atoms with E-state index >= 15 is 0 Å². The molecule has 1 atom stereocenters. The largest absolute Gasteiger partial charge is 0.460 e. The highest BCUT2D eigenvalue weighted by Gasteiger charge is 2.02. The predicted octanol–water partition coefficient (Wildman–Crippen LogP) is 0.289. The van der Waals surface area contributed by atoms with Gasteiger partial charge in [0.25, 0.3) is 0 Å². The number of rotatable bonds is 4. The molecule has 0 aliphatic heterocycles. The van der Waals surface area contributed by atoms with Crippen molar-refractivity contribution < 1.29 is 19.1 Å². The van der Waals surface area contributed by atoms with Gasteiger partial charge in [0.15, 0.2) is 0 Å². The first-order valence-corrected chi connectivity index (χ1v) is 4.21. The van der Waals surface area contributed by atoms with Crippen molar-refractivity contribution in [2.45, 2.75) is 20.0 Å². The Balaban J connectivity index is 0. The van der Waals surface area contributed by atoms with Crippen LogP contribution in [0.5, 0.6) is 0 Å². The minimum Gasteiger partial charge on any atom is -0.460 e. The molecule has 5 heteroatoms. The average Bonchev–Trinajstić information content (AvgIpc) is 2.04. The fourth-order valence-corrected chi connectivity index (χ4v) is 0.552. The number of carbonyl (C=O) groups is 2. The van der Waals surface area contributed by atoms with Crippen LogP contribution in [0.2, 0.25) is 0 Å². The van der Waals surface area contributed by atoms with Crippen LogP contribution in [0.1, 0.15) is 13.8 Å². The zero-order valence-electron chi connectivity index (χ0n) is 9.44. The summed E-state index contributed by atoms with van der Waals surface area (Å²) in [7, 11) is 4.94. The van der Waals surface area contributed by atoms with Crippen molar-refractivity contribution in [1.82, 2.24) is 4.90 Å². The maximum Gasteiger partial charge on any atom is 0.302 e. The van der Waals surface area contributed by atoms with Gasteiger partial charge in [0, 0.05) is 28.1 Å². The summed E-state index contributed by atoms with van der Waals surface area (Å²) in [5.41, 5.74) is 0. The summed E-state index contributed by atoms with van der Waals surface area (Å²) < 4.78 is 9.45. The molecule has 1 amide bonds. The summed E-state index contributed by atoms with van der Waals surface area (Å²) in [5, 5.41) is 0. The molecule has 0 rings (SSSR count). The number of nitrogens with zero attached hydrogens (tertiary/aromatic N) is 1. The maximum absolute atomic E-state index is 10.3. The molecule has 0 saturated carbocycles. The van der Waals surface area contributed by atoms with Crippen LogP contribution in [0, 0.1) is 0 Å². The van der Waals surface area contributed by atoms with Gasteiger partial charge in [-0.15, -0.1) is 0 Å². The first kappa shape index (κ1) is 15.4. The molecule has 5 nitrogen and oxygen atoms in total. The van der Waals surface area contributed by atoms with Gasteiger partial charge in [-0.1, -0.05) is 0 Å². The first-order valence-electron chi connectivity index (χ1n) is 4.21. The first-order chi connectivity index (χ1) is 6.43. The maximum atomic E-state index is 10.3. The van der Waals surface area contributed by atoms with Crippen LogP contribution in [-0.2, 0) is 19.1 Å². The molecular formula is C9H19NO4. The van der Waals surface area contributed by atoms with E-state index in [9.17, 15) is 9.59 Å². The van der Waals surface area contributed by atoms with E-state index in [2.05, 4.69) is 0 Å². The molecule has 0 N–H and O–H groups in total. The van der Waals surface area contributed by atoms with Crippen molar-refractivity contribution in [3.05, 3.63) is 0 Å². The minimum atomic E-state index is -0.264. The van der Waals surface area contributed by atoms with E-state index in [1.54, 1.807) is 28.1 Å². The highest BCUT2D eigenvalue weighted by Crippen LogP contribution is 1.90. The molecule has 0 aromatic carbocycles. The Bertz CT molecular complexity index is 159. The zero-order valence-corrected chi connectivity index (χ0v) is 9.44. The van der Waals surface area contributed by atoms with E-state index in [1.165, 1.54) is 11.8 Å². The van der Waals surface area contributed by atoms with Crippen molar-refractivity contribution in [2.75, 3.05) is 27.8 Å². The lowest BCUT2D eigenvalue weighted by molar-refractivity contribution is -0.147. The zero-order chi connectivity index (χ0) is 11.6. The van der Waals surface area contributed by atoms with E-state index in [-0.39, 0.29) is 12.1 Å². The monoisotopic (exact) mass is 205 g/mol. The third-order valence-corrected chi connectivity index (χ3v) is 0.979. The lowest BCUT2D eigenvalue weighted by Crippen LogP contribution is -2.17. The Kier molecular flexibility index (Phi) is 11.0. The summed E-state index contributed by atoms with van der Waals surface area (Å²) in [4.78, 5) is 21.1. The highest BCUT2D eigenvalue weighted by molar-refractivity contribution is 5.66. The Hall–Kier alpha value is -1.10. The lowest BCUT2D eigenvalue weighted by atomic mass is 10.4. The van der Waals surface area contributed by atoms with Crippen LogP contribution in [0.4, 0.5) is 0 Å². The molecule has 84 valence electrons. The molecule has 14 heavy (non-hydrogen) atoms. The second-order valence-corrected chi connectivity index (χ2v) is 2.94. The average molecular weight is 205 g/mol. The second-order valence-electron chi connectivity index (χ2n) is 2.94. The van der Waals surface area contributed by atoms with Gasteiger partial charge in [-0.05, 0) is 6.92 Å². The van der Waals surface area contributed by atoms with Gasteiger partial charge >= 0.3 is 5.97 Å². The fraction of sp³-hybridized carbons (Fsp3) is 0.778. The van der Waals surface area contributed by atoms with Gasteiger partial charge in [-0.2, -0.15) is 0 Å². The predicted molar refractivity (Wildman–Crippen MR) is 52.9 cm³/mol. The van der Waals surface area contributed by atoms with Gasteiger partial charge in [-0.25, -0.2) is 0 Å². The van der Waals surface area contributed by atoms with Crippen molar-refractivity contribution in [1.29, 1.82) is 0 Å². The third kappa shape index (κ3) is 17.1. The molecule has 0 aliphatic rings. The van der Waals surface area contributed by atoms with Crippen LogP contribution >= 0.6 is 0 Å². The van der Waals surface area contributed by atoms with Crippen LogP contribution in [0.3, 0.4) is 0 Å². The summed E-state index contributed by atoms with van der Waals surface area (Å²) in [6.07, 6.45) is 0.618. The summed E-state index contributed by atoms with van der Waals surface area (Å²) in [6, 6.07) is 0. The van der Waals surface area contributed by atoms with Crippen LogP contribution in [0.15, 0.2) is 0 Å². The normalized spacial score (nSPS) is 10.6. The number of methoxy groups -OCH3 is 1. The standard InChI is InChI=1S/C6H12O3.C3H7NO/c1-5(4-8-3)9-6(2)7;1-4(2)3-5/h5H,4H2,1-3H3;3H,1-2H3. The minimum absolute atomic E-state index is 0.132. The number of amides is 1. The topological polar surface area (TPSA) is 55.8 Å². The number of carbonyl (C=O) groups excluding carboxylic acids is 2. The number of hydrogen-bond acceptors (Lipinski definition) is 4. The Morgan fingerprint density at radius 1 is 1.50 bits per heavy atom. The second kappa shape index (κ2) is 9.98. The Morgan fingerprint density at radius 3 is 2.14 bits per heavy atom. The van der Waals surface area contributed by atoms with Gasteiger partial charge < -0.3 is 14.4 Å². The van der Waals surface area contributed by atoms with Crippen LogP contribution < -0.4 is 0 Å². The molecule has 0 aromatic heterocycles. The van der Waals surface area contributed by atoms with E-state index in [4.69, 9.17) is 9.47 Å². The molecule has 0 bridgehead atoms. The smallest absolute Gasteiger partial charge is 0.302 e. The lowest BCUT2D eigenvalue weighted by Gasteiger charge is -2.08. The molecule has 1 unspecified atom stereocenters. The number of esters is 1. The quantitative estimate of drug-likeness (QED) is 0.489. The van der Waals surface area contributed by atoms with Crippen molar-refractivity contribution in [3.8, 4) is 0 Å². The van der Waals surface area contributed by atoms with Crippen molar-refractivity contribution >= 4 is 12.4 Å². The molecule has 0 aliphatic carbocycles. The van der Waals surface area contributed by atoms with E-state index in [0.717, 1.165) is 6.41 Å². The molecule has 0 saturated heterocycles. The van der Waals surface area contributed by atoms with Crippen molar-refractivity contribution in [2.24, 2.45) is 0 Å². The molecule has 0 radical (unpaired) electrons. The number of ether oxygens (including phenoxy) is 2. The van der Waals surface area contributed by atoms with Crippen LogP contribution in [-0.4, -0.2) is 51.2 Å². The molecular weight excluding hydrogens is 186 g/mol. The summed E-state index contributed by atoms with van der Waals surface area (Å²) >= 11 is 0. The highest BCUT2D eigenvalue weighted by atomic mass is 16.6. The van der Waals surface area contributed by atoms with E-state index < -0.39 is 0 Å². The molecule has 0 spiro atoms. The Morgan fingerprint density at radius 2 is 1.93 bits per heavy atom. The fourth-order valence-electron chi connectivity index (χ4n) is 0.552. The van der Waals surface area contributed by atoms with Gasteiger partial charge in [-0.3, -0.25) is 9.59 Å². The van der Waals surface area contributed by atoms with Crippen LogP contribution in [0.25, 0.3) is 0 Å².